The van der Waals surface area contributed by atoms with Crippen molar-refractivity contribution in [2.24, 2.45) is 12.8 Å². The number of hydrogen-bond donors (Lipinski definition) is 1. The molecule has 0 aliphatic carbocycles. The second-order valence-corrected chi connectivity index (χ2v) is 5.64. The lowest BCUT2D eigenvalue weighted by atomic mass is 10.0. The molecule has 0 spiro atoms. The number of aromatic nitrogens is 3. The van der Waals surface area contributed by atoms with Crippen LogP contribution in [-0.4, -0.2) is 20.5 Å². The maximum absolute atomic E-state index is 6.35. The molecular weight excluding hydrogens is 268 g/mol. The van der Waals surface area contributed by atoms with E-state index in [1.165, 1.54) is 16.3 Å². The van der Waals surface area contributed by atoms with Crippen LogP contribution in [-0.2, 0) is 7.05 Å². The fourth-order valence-corrected chi connectivity index (χ4v) is 3.11. The Morgan fingerprint density at radius 2 is 2.00 bits per heavy atom. The monoisotopic (exact) mass is 284 g/mol. The fourth-order valence-electron chi connectivity index (χ4n) is 2.24. The third-order valence-corrected chi connectivity index (χ3v) is 4.44. The molecule has 20 heavy (non-hydrogen) atoms. The maximum Gasteiger partial charge on any atom is 0.185 e. The van der Waals surface area contributed by atoms with Crippen molar-refractivity contribution < 1.29 is 0 Å². The van der Waals surface area contributed by atoms with Crippen molar-refractivity contribution in [3.63, 3.8) is 0 Å². The highest BCUT2D eigenvalue weighted by atomic mass is 32.2. The molecule has 0 amide bonds. The van der Waals surface area contributed by atoms with Gasteiger partial charge in [-0.2, -0.15) is 5.10 Å². The smallest absolute Gasteiger partial charge is 0.185 e. The zero-order valence-electron chi connectivity index (χ0n) is 11.2. The van der Waals surface area contributed by atoms with Crippen LogP contribution in [0.15, 0.2) is 53.9 Å². The van der Waals surface area contributed by atoms with E-state index in [-0.39, 0.29) is 6.04 Å². The molecule has 1 atom stereocenters. The highest BCUT2D eigenvalue weighted by molar-refractivity contribution is 7.99. The summed E-state index contributed by atoms with van der Waals surface area (Å²) in [6.07, 6.45) is 1.56. The van der Waals surface area contributed by atoms with Crippen LogP contribution in [0.1, 0.15) is 11.6 Å². The molecule has 1 aromatic heterocycles. The first-order valence-corrected chi connectivity index (χ1v) is 7.44. The summed E-state index contributed by atoms with van der Waals surface area (Å²) in [6.45, 7) is 0. The lowest BCUT2D eigenvalue weighted by Crippen LogP contribution is -2.14. The number of hydrogen-bond acceptors (Lipinski definition) is 4. The molecule has 0 saturated heterocycles. The lowest BCUT2D eigenvalue weighted by molar-refractivity contribution is 0.683. The topological polar surface area (TPSA) is 56.7 Å². The first-order chi connectivity index (χ1) is 9.75. The molecule has 3 aromatic rings. The van der Waals surface area contributed by atoms with E-state index in [0.717, 1.165) is 10.9 Å². The van der Waals surface area contributed by atoms with E-state index in [1.54, 1.807) is 22.8 Å². The Balaban J connectivity index is 1.82. The van der Waals surface area contributed by atoms with Crippen molar-refractivity contribution in [2.75, 3.05) is 5.75 Å². The quantitative estimate of drug-likeness (QED) is 0.748. The number of nitrogens with zero attached hydrogens (tertiary/aromatic N) is 3. The van der Waals surface area contributed by atoms with Crippen LogP contribution in [0.2, 0.25) is 0 Å². The molecule has 3 rings (SSSR count). The van der Waals surface area contributed by atoms with Crippen LogP contribution < -0.4 is 5.73 Å². The number of nitrogens with two attached hydrogens (primary N) is 1. The molecule has 102 valence electrons. The van der Waals surface area contributed by atoms with Gasteiger partial charge in [0.05, 0.1) is 0 Å². The van der Waals surface area contributed by atoms with Crippen molar-refractivity contribution in [3.05, 3.63) is 54.4 Å². The summed E-state index contributed by atoms with van der Waals surface area (Å²) in [6, 6.07) is 14.6. The van der Waals surface area contributed by atoms with Gasteiger partial charge in [0.1, 0.15) is 6.33 Å². The minimum absolute atomic E-state index is 0.0252. The average molecular weight is 284 g/mol. The number of rotatable bonds is 4. The van der Waals surface area contributed by atoms with Crippen LogP contribution in [0.25, 0.3) is 10.8 Å². The van der Waals surface area contributed by atoms with Crippen LogP contribution in [0.4, 0.5) is 0 Å². The molecule has 2 aromatic carbocycles. The summed E-state index contributed by atoms with van der Waals surface area (Å²) in [5.41, 5.74) is 7.53. The van der Waals surface area contributed by atoms with E-state index in [2.05, 4.69) is 40.4 Å². The van der Waals surface area contributed by atoms with Crippen molar-refractivity contribution in [1.82, 2.24) is 14.8 Å². The summed E-state index contributed by atoms with van der Waals surface area (Å²) in [5, 5.41) is 7.40. The van der Waals surface area contributed by atoms with Crippen molar-refractivity contribution in [3.8, 4) is 0 Å². The van der Waals surface area contributed by atoms with Gasteiger partial charge in [-0.3, -0.25) is 0 Å². The van der Waals surface area contributed by atoms with Gasteiger partial charge in [0.25, 0.3) is 0 Å². The molecular formula is C15H16N4S. The van der Waals surface area contributed by atoms with Gasteiger partial charge in [-0.05, 0) is 16.3 Å². The van der Waals surface area contributed by atoms with Gasteiger partial charge >= 0.3 is 0 Å². The minimum atomic E-state index is -0.0252. The number of fused-ring (bicyclic) bond motifs is 1. The van der Waals surface area contributed by atoms with Crippen LogP contribution in [0, 0.1) is 0 Å². The lowest BCUT2D eigenvalue weighted by Gasteiger charge is -2.14. The van der Waals surface area contributed by atoms with Gasteiger partial charge in [0.2, 0.25) is 0 Å². The van der Waals surface area contributed by atoms with Crippen molar-refractivity contribution >= 4 is 22.5 Å². The Morgan fingerprint density at radius 1 is 1.20 bits per heavy atom. The average Bonchev–Trinajstić information content (AvgIpc) is 2.89. The molecule has 0 aliphatic rings. The van der Waals surface area contributed by atoms with Gasteiger partial charge in [0, 0.05) is 18.8 Å². The highest BCUT2D eigenvalue weighted by Crippen LogP contribution is 2.26. The molecule has 0 bridgehead atoms. The van der Waals surface area contributed by atoms with Crippen molar-refractivity contribution in [1.29, 1.82) is 0 Å². The first-order valence-electron chi connectivity index (χ1n) is 6.46. The second kappa shape index (κ2) is 5.64. The van der Waals surface area contributed by atoms with Crippen molar-refractivity contribution in [2.45, 2.75) is 11.2 Å². The number of thioether (sulfide) groups is 1. The van der Waals surface area contributed by atoms with Crippen LogP contribution in [0.3, 0.4) is 0 Å². The van der Waals surface area contributed by atoms with E-state index in [1.807, 2.05) is 19.2 Å². The van der Waals surface area contributed by atoms with Gasteiger partial charge < -0.3 is 5.73 Å². The molecule has 1 heterocycles. The summed E-state index contributed by atoms with van der Waals surface area (Å²) in [7, 11) is 1.89. The Bertz CT molecular complexity index is 717. The predicted octanol–water partition coefficient (Wildman–Crippen LogP) is 2.76. The van der Waals surface area contributed by atoms with E-state index in [0.29, 0.717) is 0 Å². The minimum Gasteiger partial charge on any atom is -0.323 e. The van der Waals surface area contributed by atoms with E-state index in [9.17, 15) is 0 Å². The second-order valence-electron chi connectivity index (χ2n) is 4.65. The molecule has 0 aliphatic heterocycles. The Hall–Kier alpha value is -1.85. The van der Waals surface area contributed by atoms with Gasteiger partial charge in [-0.15, -0.1) is 0 Å². The predicted molar refractivity (Wildman–Crippen MR) is 82.6 cm³/mol. The molecule has 2 N–H and O–H groups in total. The standard InChI is InChI=1S/C15H16N4S/c1-19-15(17-10-18-19)20-9-14(16)13-8-4-6-11-5-2-3-7-12(11)13/h2-8,10,14H,9,16H2,1H3. The third kappa shape index (κ3) is 2.55. The summed E-state index contributed by atoms with van der Waals surface area (Å²) < 4.78 is 1.76. The fraction of sp³-hybridized carbons (Fsp3) is 0.200. The third-order valence-electron chi connectivity index (χ3n) is 3.28. The summed E-state index contributed by atoms with van der Waals surface area (Å²) in [4.78, 5) is 4.20. The molecule has 1 unspecified atom stereocenters. The Kier molecular flexibility index (Phi) is 3.71. The van der Waals surface area contributed by atoms with E-state index in [4.69, 9.17) is 5.73 Å². The van der Waals surface area contributed by atoms with Crippen LogP contribution in [0.5, 0.6) is 0 Å². The molecule has 4 nitrogen and oxygen atoms in total. The normalized spacial score (nSPS) is 12.7. The van der Waals surface area contributed by atoms with Gasteiger partial charge in [-0.25, -0.2) is 9.67 Å². The zero-order chi connectivity index (χ0) is 13.9. The number of aryl methyl sites for hydroxylation is 1. The highest BCUT2D eigenvalue weighted by Gasteiger charge is 2.11. The summed E-state index contributed by atoms with van der Waals surface area (Å²) >= 11 is 1.63. The molecule has 5 heteroatoms. The van der Waals surface area contributed by atoms with E-state index >= 15 is 0 Å². The molecule has 0 fully saturated rings. The Morgan fingerprint density at radius 3 is 2.80 bits per heavy atom. The maximum atomic E-state index is 6.35. The molecule has 0 saturated carbocycles. The van der Waals surface area contributed by atoms with E-state index < -0.39 is 0 Å². The van der Waals surface area contributed by atoms with Crippen LogP contribution >= 0.6 is 11.8 Å². The Labute approximate surface area is 122 Å². The largest absolute Gasteiger partial charge is 0.323 e. The van der Waals surface area contributed by atoms with Gasteiger partial charge in [0.15, 0.2) is 5.16 Å². The SMILES string of the molecule is Cn1ncnc1SCC(N)c1cccc2ccccc12. The van der Waals surface area contributed by atoms with Gasteiger partial charge in [-0.1, -0.05) is 54.2 Å². The zero-order valence-corrected chi connectivity index (χ0v) is 12.0. The molecule has 0 radical (unpaired) electrons. The number of benzene rings is 2. The first kappa shape index (κ1) is 13.1. The summed E-state index contributed by atoms with van der Waals surface area (Å²) in [5.74, 6) is 0.778.